The summed E-state index contributed by atoms with van der Waals surface area (Å²) in [6, 6.07) is 18.9. The molecule has 0 spiro atoms. The SMILES string of the molecule is Cc1cccc(C)c1OCC(=O)N=Nc1c(O)n(CN2CC3CC(C2)c2cccc(=O)n2C3)c2ccccc12. The topological polar surface area (TPSA) is 101 Å². The number of likely N-dealkylation sites (tertiary alicyclic amines) is 1. The van der Waals surface area contributed by atoms with E-state index in [4.69, 9.17) is 4.74 Å². The maximum absolute atomic E-state index is 12.5. The second-order valence-corrected chi connectivity index (χ2v) is 10.6. The van der Waals surface area contributed by atoms with Crippen LogP contribution in [0.4, 0.5) is 5.69 Å². The fourth-order valence-corrected chi connectivity index (χ4v) is 6.12. The third kappa shape index (κ3) is 4.74. The van der Waals surface area contributed by atoms with Crippen LogP contribution in [0.25, 0.3) is 10.9 Å². The van der Waals surface area contributed by atoms with E-state index in [9.17, 15) is 14.7 Å². The number of hydrogen-bond acceptors (Lipinski definition) is 6. The molecular formula is C30H31N5O4. The summed E-state index contributed by atoms with van der Waals surface area (Å²) in [5.41, 5.74) is 4.11. The summed E-state index contributed by atoms with van der Waals surface area (Å²) in [6.07, 6.45) is 1.06. The first-order chi connectivity index (χ1) is 18.9. The van der Waals surface area contributed by atoms with Crippen molar-refractivity contribution in [1.82, 2.24) is 14.0 Å². The van der Waals surface area contributed by atoms with Crippen molar-refractivity contribution in [1.29, 1.82) is 0 Å². The quantitative estimate of drug-likeness (QED) is 0.361. The van der Waals surface area contributed by atoms with Crippen LogP contribution in [0.5, 0.6) is 11.6 Å². The van der Waals surface area contributed by atoms with Crippen LogP contribution in [-0.2, 0) is 18.0 Å². The lowest BCUT2D eigenvalue weighted by atomic mass is 9.83. The van der Waals surface area contributed by atoms with Crippen LogP contribution in [-0.4, -0.2) is 44.7 Å². The number of nitrogens with zero attached hydrogens (tertiary/aromatic N) is 5. The number of amides is 1. The predicted molar refractivity (Wildman–Crippen MR) is 148 cm³/mol. The van der Waals surface area contributed by atoms with Crippen molar-refractivity contribution in [3.8, 4) is 11.6 Å². The lowest BCUT2D eigenvalue weighted by Crippen LogP contribution is -2.47. The molecule has 200 valence electrons. The van der Waals surface area contributed by atoms with E-state index in [1.807, 2.05) is 77.6 Å². The van der Waals surface area contributed by atoms with Crippen molar-refractivity contribution in [3.63, 3.8) is 0 Å². The van der Waals surface area contributed by atoms with E-state index in [2.05, 4.69) is 15.1 Å². The largest absolute Gasteiger partial charge is 0.493 e. The van der Waals surface area contributed by atoms with Crippen LogP contribution in [0.3, 0.4) is 0 Å². The van der Waals surface area contributed by atoms with E-state index in [0.29, 0.717) is 24.9 Å². The molecule has 1 N–H and O–H groups in total. The lowest BCUT2D eigenvalue weighted by molar-refractivity contribution is -0.120. The van der Waals surface area contributed by atoms with Gasteiger partial charge in [0.1, 0.15) is 5.75 Å². The molecular weight excluding hydrogens is 494 g/mol. The molecule has 0 saturated carbocycles. The summed E-state index contributed by atoms with van der Waals surface area (Å²) < 4.78 is 9.45. The molecule has 6 rings (SSSR count). The molecule has 2 unspecified atom stereocenters. The molecule has 0 radical (unpaired) electrons. The number of carbonyl (C=O) groups is 1. The minimum atomic E-state index is -0.536. The van der Waals surface area contributed by atoms with E-state index in [0.717, 1.165) is 47.2 Å². The average Bonchev–Trinajstić information content (AvgIpc) is 3.18. The molecule has 2 aliphatic rings. The Morgan fingerprint density at radius 2 is 1.77 bits per heavy atom. The van der Waals surface area contributed by atoms with Gasteiger partial charge in [0.25, 0.3) is 5.56 Å². The molecule has 2 aromatic heterocycles. The molecule has 9 nitrogen and oxygen atoms in total. The number of azo groups is 1. The molecule has 1 saturated heterocycles. The number of aryl methyl sites for hydroxylation is 2. The Bertz CT molecular complexity index is 1630. The van der Waals surface area contributed by atoms with Gasteiger partial charge in [-0.2, -0.15) is 0 Å². The third-order valence-corrected chi connectivity index (χ3v) is 7.82. The van der Waals surface area contributed by atoms with Crippen LogP contribution >= 0.6 is 0 Å². The van der Waals surface area contributed by atoms with Crippen molar-refractivity contribution in [2.24, 2.45) is 16.1 Å². The zero-order valence-corrected chi connectivity index (χ0v) is 22.1. The highest BCUT2D eigenvalue weighted by Gasteiger charge is 2.35. The highest BCUT2D eigenvalue weighted by molar-refractivity contribution is 5.95. The molecule has 2 aromatic carbocycles. The number of piperidine rings is 1. The fraction of sp³-hybridized carbons (Fsp3) is 0.333. The van der Waals surface area contributed by atoms with E-state index >= 15 is 0 Å². The Kier molecular flexibility index (Phi) is 6.52. The number of aromatic nitrogens is 2. The van der Waals surface area contributed by atoms with E-state index in [1.54, 1.807) is 6.07 Å². The monoisotopic (exact) mass is 525 g/mol. The number of pyridine rings is 1. The fourth-order valence-electron chi connectivity index (χ4n) is 6.12. The minimum absolute atomic E-state index is 0.0317. The zero-order chi connectivity index (χ0) is 27.1. The van der Waals surface area contributed by atoms with Crippen LogP contribution in [0.2, 0.25) is 0 Å². The van der Waals surface area contributed by atoms with Crippen molar-refractivity contribution in [2.45, 2.75) is 39.4 Å². The van der Waals surface area contributed by atoms with Crippen LogP contribution < -0.4 is 10.3 Å². The Hall–Kier alpha value is -4.24. The highest BCUT2D eigenvalue weighted by Crippen LogP contribution is 2.40. The Balaban J connectivity index is 1.22. The molecule has 1 amide bonds. The number of aromatic hydroxyl groups is 1. The first-order valence-corrected chi connectivity index (χ1v) is 13.2. The van der Waals surface area contributed by atoms with Crippen molar-refractivity contribution >= 4 is 22.5 Å². The van der Waals surface area contributed by atoms with Gasteiger partial charge in [0.15, 0.2) is 12.3 Å². The number of rotatable bonds is 6. The Morgan fingerprint density at radius 1 is 1.00 bits per heavy atom. The Labute approximate surface area is 226 Å². The first-order valence-electron chi connectivity index (χ1n) is 13.2. The molecule has 2 bridgehead atoms. The second-order valence-electron chi connectivity index (χ2n) is 10.6. The summed E-state index contributed by atoms with van der Waals surface area (Å²) in [5, 5.41) is 20.0. The van der Waals surface area contributed by atoms with Crippen molar-refractivity contribution in [3.05, 3.63) is 87.8 Å². The van der Waals surface area contributed by atoms with E-state index in [-0.39, 0.29) is 29.7 Å². The first kappa shape index (κ1) is 25.1. The van der Waals surface area contributed by atoms with Crippen molar-refractivity contribution < 1.29 is 14.6 Å². The number of hydrogen-bond donors (Lipinski definition) is 1. The third-order valence-electron chi connectivity index (χ3n) is 7.82. The van der Waals surface area contributed by atoms with Gasteiger partial charge in [-0.15, -0.1) is 10.2 Å². The number of benzene rings is 2. The lowest BCUT2D eigenvalue weighted by Gasteiger charge is -2.42. The van der Waals surface area contributed by atoms with E-state index in [1.165, 1.54) is 0 Å². The van der Waals surface area contributed by atoms with Gasteiger partial charge in [0.2, 0.25) is 5.88 Å². The molecule has 39 heavy (non-hydrogen) atoms. The molecule has 4 aromatic rings. The van der Waals surface area contributed by atoms with Gasteiger partial charge in [0.05, 0.1) is 12.2 Å². The summed E-state index contributed by atoms with van der Waals surface area (Å²) in [4.78, 5) is 27.2. The molecule has 0 aliphatic carbocycles. The molecule has 9 heteroatoms. The van der Waals surface area contributed by atoms with Gasteiger partial charge in [-0.25, -0.2) is 0 Å². The molecule has 2 aliphatic heterocycles. The maximum atomic E-state index is 12.5. The number of para-hydroxylation sites is 2. The zero-order valence-electron chi connectivity index (χ0n) is 22.1. The van der Waals surface area contributed by atoms with Gasteiger partial charge < -0.3 is 14.4 Å². The normalized spacial score (nSPS) is 18.9. The van der Waals surface area contributed by atoms with Gasteiger partial charge in [-0.3, -0.25) is 19.1 Å². The number of fused-ring (bicyclic) bond motifs is 5. The Morgan fingerprint density at radius 3 is 2.59 bits per heavy atom. The van der Waals surface area contributed by atoms with Crippen molar-refractivity contribution in [2.75, 3.05) is 19.7 Å². The number of ether oxygens (including phenoxy) is 1. The summed E-state index contributed by atoms with van der Waals surface area (Å²) in [5.74, 6) is 0.736. The predicted octanol–water partition coefficient (Wildman–Crippen LogP) is 4.89. The van der Waals surface area contributed by atoms with Crippen LogP contribution in [0.1, 0.15) is 29.2 Å². The van der Waals surface area contributed by atoms with Gasteiger partial charge >= 0.3 is 5.91 Å². The smallest absolute Gasteiger partial charge is 0.302 e. The van der Waals surface area contributed by atoms with Gasteiger partial charge in [-0.05, 0) is 49.4 Å². The second kappa shape index (κ2) is 10.1. The van der Waals surface area contributed by atoms with E-state index < -0.39 is 5.91 Å². The summed E-state index contributed by atoms with van der Waals surface area (Å²) in [6.45, 7) is 6.41. The average molecular weight is 526 g/mol. The minimum Gasteiger partial charge on any atom is -0.493 e. The van der Waals surface area contributed by atoms with Crippen LogP contribution in [0.15, 0.2) is 75.7 Å². The van der Waals surface area contributed by atoms with Crippen LogP contribution in [0, 0.1) is 19.8 Å². The summed E-state index contributed by atoms with van der Waals surface area (Å²) >= 11 is 0. The summed E-state index contributed by atoms with van der Waals surface area (Å²) in [7, 11) is 0. The maximum Gasteiger partial charge on any atom is 0.302 e. The molecule has 4 heterocycles. The highest BCUT2D eigenvalue weighted by atomic mass is 16.5. The number of carbonyl (C=O) groups excluding carboxylic acids is 1. The molecule has 2 atom stereocenters. The van der Waals surface area contributed by atoms with Gasteiger partial charge in [0, 0.05) is 42.7 Å². The van der Waals surface area contributed by atoms with Gasteiger partial charge in [-0.1, -0.05) is 42.5 Å². The molecule has 1 fully saturated rings. The standard InChI is InChI=1S/C30H31N5O4/c1-19-7-5-8-20(2)29(19)39-17-26(36)31-32-28-23-9-3-4-10-25(23)35(30(28)38)18-33-14-21-13-22(16-33)24-11-6-12-27(37)34(24)15-21/h3-12,21-22,38H,13-18H2,1-2H3.